The summed E-state index contributed by atoms with van der Waals surface area (Å²) < 4.78 is 0. The van der Waals surface area contributed by atoms with Gasteiger partial charge in [-0.05, 0) is 6.92 Å². The van der Waals surface area contributed by atoms with Gasteiger partial charge >= 0.3 is 0 Å². The van der Waals surface area contributed by atoms with Gasteiger partial charge in [-0.1, -0.05) is 0 Å². The highest BCUT2D eigenvalue weighted by molar-refractivity contribution is 7.80. The van der Waals surface area contributed by atoms with Crippen molar-refractivity contribution >= 4 is 18.5 Å². The van der Waals surface area contributed by atoms with Gasteiger partial charge in [0.1, 0.15) is 5.54 Å². The molecule has 1 amide bonds. The SMILES string of the molecule is CC(N)C(N)(CS)C(N)=O. The molecule has 0 aliphatic carbocycles. The van der Waals surface area contributed by atoms with Crippen LogP contribution in [0.2, 0.25) is 0 Å². The molecule has 60 valence electrons. The van der Waals surface area contributed by atoms with Gasteiger partial charge in [-0.3, -0.25) is 4.79 Å². The molecule has 2 atom stereocenters. The summed E-state index contributed by atoms with van der Waals surface area (Å²) in [5, 5.41) is 0. The second-order valence-corrected chi connectivity index (χ2v) is 2.67. The Labute approximate surface area is 65.5 Å². The van der Waals surface area contributed by atoms with E-state index >= 15 is 0 Å². The molecule has 0 aliphatic rings. The van der Waals surface area contributed by atoms with Crippen LogP contribution in [0.3, 0.4) is 0 Å². The lowest BCUT2D eigenvalue weighted by atomic mass is 9.95. The molecular formula is C5H13N3OS. The second kappa shape index (κ2) is 3.23. The Morgan fingerprint density at radius 1 is 1.80 bits per heavy atom. The molecule has 0 saturated carbocycles. The number of hydrogen-bond acceptors (Lipinski definition) is 4. The first-order chi connectivity index (χ1) is 4.45. The van der Waals surface area contributed by atoms with Gasteiger partial charge in [0, 0.05) is 11.8 Å². The maximum atomic E-state index is 10.7. The molecule has 2 unspecified atom stereocenters. The van der Waals surface area contributed by atoms with Crippen molar-refractivity contribution in [2.75, 3.05) is 5.75 Å². The fourth-order valence-electron chi connectivity index (χ4n) is 0.446. The lowest BCUT2D eigenvalue weighted by Gasteiger charge is -2.27. The van der Waals surface area contributed by atoms with E-state index in [1.807, 2.05) is 0 Å². The number of primary amides is 1. The Hall–Kier alpha value is -0.260. The minimum atomic E-state index is -1.18. The van der Waals surface area contributed by atoms with Crippen LogP contribution in [0.5, 0.6) is 0 Å². The monoisotopic (exact) mass is 163 g/mol. The highest BCUT2D eigenvalue weighted by Crippen LogP contribution is 2.05. The van der Waals surface area contributed by atoms with E-state index in [9.17, 15) is 4.79 Å². The van der Waals surface area contributed by atoms with Crippen molar-refractivity contribution in [3.8, 4) is 0 Å². The van der Waals surface area contributed by atoms with E-state index < -0.39 is 17.5 Å². The zero-order chi connectivity index (χ0) is 8.36. The first kappa shape index (κ1) is 9.74. The maximum absolute atomic E-state index is 10.7. The summed E-state index contributed by atoms with van der Waals surface area (Å²) in [7, 11) is 0. The number of thiol groups is 1. The summed E-state index contributed by atoms with van der Waals surface area (Å²) >= 11 is 3.87. The fourth-order valence-corrected chi connectivity index (χ4v) is 0.890. The summed E-state index contributed by atoms with van der Waals surface area (Å²) in [6, 6.07) is -0.470. The third-order valence-electron chi connectivity index (χ3n) is 1.53. The van der Waals surface area contributed by atoms with E-state index in [1.54, 1.807) is 6.92 Å². The van der Waals surface area contributed by atoms with Gasteiger partial charge in [0.05, 0.1) is 0 Å². The minimum absolute atomic E-state index is 0.167. The third-order valence-corrected chi connectivity index (χ3v) is 2.06. The molecule has 4 nitrogen and oxygen atoms in total. The van der Waals surface area contributed by atoms with Gasteiger partial charge < -0.3 is 17.2 Å². The van der Waals surface area contributed by atoms with E-state index in [1.165, 1.54) is 0 Å². The Morgan fingerprint density at radius 3 is 2.20 bits per heavy atom. The molecule has 6 N–H and O–H groups in total. The van der Waals surface area contributed by atoms with Crippen LogP contribution in [0.4, 0.5) is 0 Å². The van der Waals surface area contributed by atoms with E-state index in [4.69, 9.17) is 17.2 Å². The van der Waals surface area contributed by atoms with Gasteiger partial charge in [-0.15, -0.1) is 0 Å². The van der Waals surface area contributed by atoms with E-state index in [0.717, 1.165) is 0 Å². The van der Waals surface area contributed by atoms with Crippen LogP contribution in [0.15, 0.2) is 0 Å². The Morgan fingerprint density at radius 2 is 2.20 bits per heavy atom. The van der Waals surface area contributed by atoms with Crippen molar-refractivity contribution in [1.82, 2.24) is 0 Å². The molecule has 0 rings (SSSR count). The smallest absolute Gasteiger partial charge is 0.239 e. The number of carbonyl (C=O) groups is 1. The fraction of sp³-hybridized carbons (Fsp3) is 0.800. The summed E-state index contributed by atoms with van der Waals surface area (Å²) in [5.41, 5.74) is 14.7. The van der Waals surface area contributed by atoms with Crippen molar-refractivity contribution in [3.05, 3.63) is 0 Å². The van der Waals surface area contributed by atoms with Crippen LogP contribution in [-0.2, 0) is 4.79 Å². The van der Waals surface area contributed by atoms with Gasteiger partial charge in [0.15, 0.2) is 0 Å². The molecule has 0 saturated heterocycles. The number of amides is 1. The highest BCUT2D eigenvalue weighted by Gasteiger charge is 2.34. The molecule has 0 aliphatic heterocycles. The van der Waals surface area contributed by atoms with Crippen LogP contribution in [0, 0.1) is 0 Å². The topological polar surface area (TPSA) is 95.1 Å². The van der Waals surface area contributed by atoms with Gasteiger partial charge in [0.2, 0.25) is 5.91 Å². The predicted octanol–water partition coefficient (Wildman–Crippen LogP) is -1.55. The summed E-state index contributed by atoms with van der Waals surface area (Å²) in [6.45, 7) is 1.63. The maximum Gasteiger partial charge on any atom is 0.239 e. The second-order valence-electron chi connectivity index (χ2n) is 2.35. The van der Waals surface area contributed by atoms with Crippen LogP contribution < -0.4 is 17.2 Å². The van der Waals surface area contributed by atoms with Gasteiger partial charge in [0.25, 0.3) is 0 Å². The van der Waals surface area contributed by atoms with Crippen molar-refractivity contribution in [2.45, 2.75) is 18.5 Å². The molecule has 0 radical (unpaired) electrons. The highest BCUT2D eigenvalue weighted by atomic mass is 32.1. The number of rotatable bonds is 3. The third kappa shape index (κ3) is 1.62. The molecule has 0 aromatic rings. The standard InChI is InChI=1S/C5H13N3OS/c1-3(6)5(8,2-10)4(7)9/h3,10H,2,6,8H2,1H3,(H2,7,9). The van der Waals surface area contributed by atoms with Gasteiger partial charge in [-0.25, -0.2) is 0 Å². The van der Waals surface area contributed by atoms with Crippen LogP contribution in [0.25, 0.3) is 0 Å². The first-order valence-electron chi connectivity index (χ1n) is 2.90. The largest absolute Gasteiger partial charge is 0.368 e. The molecule has 0 aromatic carbocycles. The van der Waals surface area contributed by atoms with Crippen molar-refractivity contribution in [2.24, 2.45) is 17.2 Å². The molecule has 10 heavy (non-hydrogen) atoms. The normalized spacial score (nSPS) is 19.6. The Bertz CT molecular complexity index is 139. The molecule has 0 spiro atoms. The predicted molar refractivity (Wildman–Crippen MR) is 43.6 cm³/mol. The van der Waals surface area contributed by atoms with Crippen LogP contribution in [-0.4, -0.2) is 23.2 Å². The molecule has 0 aromatic heterocycles. The molecule has 0 bridgehead atoms. The number of hydrogen-bond donors (Lipinski definition) is 4. The quantitative estimate of drug-likeness (QED) is 0.379. The summed E-state index contributed by atoms with van der Waals surface area (Å²) in [5.74, 6) is -0.447. The number of carbonyl (C=O) groups excluding carboxylic acids is 1. The number of nitrogens with two attached hydrogens (primary N) is 3. The molecule has 0 heterocycles. The Balaban J connectivity index is 4.38. The average molecular weight is 163 g/mol. The van der Waals surface area contributed by atoms with E-state index in [-0.39, 0.29) is 5.75 Å². The first-order valence-corrected chi connectivity index (χ1v) is 3.53. The lowest BCUT2D eigenvalue weighted by molar-refractivity contribution is -0.122. The van der Waals surface area contributed by atoms with Gasteiger partial charge in [-0.2, -0.15) is 12.6 Å². The lowest BCUT2D eigenvalue weighted by Crippen LogP contribution is -2.63. The molecule has 0 fully saturated rings. The minimum Gasteiger partial charge on any atom is -0.368 e. The van der Waals surface area contributed by atoms with E-state index in [2.05, 4.69) is 12.6 Å². The molecule has 5 heteroatoms. The Kier molecular flexibility index (Phi) is 3.14. The van der Waals surface area contributed by atoms with E-state index in [0.29, 0.717) is 0 Å². The summed E-state index contributed by atoms with van der Waals surface area (Å²) in [6.07, 6.45) is 0. The van der Waals surface area contributed by atoms with Crippen LogP contribution >= 0.6 is 12.6 Å². The zero-order valence-corrected chi connectivity index (χ0v) is 6.77. The van der Waals surface area contributed by atoms with Crippen LogP contribution in [0.1, 0.15) is 6.92 Å². The average Bonchev–Trinajstić information content (AvgIpc) is 1.85. The summed E-state index contributed by atoms with van der Waals surface area (Å²) in [4.78, 5) is 10.7. The van der Waals surface area contributed by atoms with Crippen molar-refractivity contribution in [3.63, 3.8) is 0 Å². The zero-order valence-electron chi connectivity index (χ0n) is 5.87. The van der Waals surface area contributed by atoms with Crippen molar-refractivity contribution in [1.29, 1.82) is 0 Å². The molecular weight excluding hydrogens is 150 g/mol. The van der Waals surface area contributed by atoms with Crippen molar-refractivity contribution < 1.29 is 4.79 Å².